The van der Waals surface area contributed by atoms with Gasteiger partial charge >= 0.3 is 0 Å². The first-order valence-corrected chi connectivity index (χ1v) is 14.7. The van der Waals surface area contributed by atoms with Gasteiger partial charge in [-0.15, -0.1) is 6.42 Å². The summed E-state index contributed by atoms with van der Waals surface area (Å²) in [6.07, 6.45) is 7.74. The van der Waals surface area contributed by atoms with Crippen LogP contribution in [0.1, 0.15) is 60.4 Å². The van der Waals surface area contributed by atoms with Crippen LogP contribution in [0.4, 0.5) is 5.69 Å². The van der Waals surface area contributed by atoms with Gasteiger partial charge in [0, 0.05) is 52.3 Å². The van der Waals surface area contributed by atoms with Gasteiger partial charge in [-0.2, -0.15) is 0 Å². The summed E-state index contributed by atoms with van der Waals surface area (Å²) in [5.74, 6) is 2.42. The largest absolute Gasteiger partial charge is 0.490 e. The lowest BCUT2D eigenvalue weighted by Gasteiger charge is -2.47. The Balaban J connectivity index is 1.54. The summed E-state index contributed by atoms with van der Waals surface area (Å²) >= 11 is 12.8. The van der Waals surface area contributed by atoms with E-state index in [2.05, 4.69) is 28.4 Å². The van der Waals surface area contributed by atoms with Gasteiger partial charge < -0.3 is 20.3 Å². The zero-order valence-corrected chi connectivity index (χ0v) is 24.3. The molecule has 0 saturated carbocycles. The molecule has 3 atom stereocenters. The summed E-state index contributed by atoms with van der Waals surface area (Å²) in [6, 6.07) is 17.6. The number of amides is 2. The molecule has 41 heavy (non-hydrogen) atoms. The van der Waals surface area contributed by atoms with Crippen LogP contribution < -0.4 is 15.4 Å². The quantitative estimate of drug-likeness (QED) is 0.355. The van der Waals surface area contributed by atoms with Crippen LogP contribution in [0.2, 0.25) is 10.0 Å². The van der Waals surface area contributed by atoms with Gasteiger partial charge in [0.2, 0.25) is 11.8 Å². The van der Waals surface area contributed by atoms with Crippen molar-refractivity contribution >= 4 is 40.7 Å². The summed E-state index contributed by atoms with van der Waals surface area (Å²) in [5.41, 5.74) is 2.29. The molecule has 0 radical (unpaired) electrons. The zero-order chi connectivity index (χ0) is 28.7. The third-order valence-electron chi connectivity index (χ3n) is 8.76. The second-order valence-electron chi connectivity index (χ2n) is 11.0. The molecule has 2 saturated heterocycles. The van der Waals surface area contributed by atoms with E-state index in [0.29, 0.717) is 32.6 Å². The van der Waals surface area contributed by atoms with Gasteiger partial charge in [-0.25, -0.2) is 0 Å². The molecule has 6 rings (SSSR count). The van der Waals surface area contributed by atoms with Crippen molar-refractivity contribution in [1.29, 1.82) is 0 Å². The summed E-state index contributed by atoms with van der Waals surface area (Å²) < 4.78 is 6.65. The molecule has 2 N–H and O–H groups in total. The molecule has 210 valence electrons. The lowest BCUT2D eigenvalue weighted by molar-refractivity contribution is -0.131. The van der Waals surface area contributed by atoms with Gasteiger partial charge in [0.05, 0.1) is 6.04 Å². The minimum Gasteiger partial charge on any atom is -0.490 e. The fraction of sp³-hybridized carbons (Fsp3) is 0.333. The summed E-state index contributed by atoms with van der Waals surface area (Å²) in [7, 11) is 0. The average Bonchev–Trinajstić information content (AvgIpc) is 3.25. The summed E-state index contributed by atoms with van der Waals surface area (Å²) in [5, 5.41) is 7.30. The molecule has 0 aromatic heterocycles. The fourth-order valence-electron chi connectivity index (χ4n) is 6.76. The maximum Gasteiger partial charge on any atom is 0.238 e. The lowest BCUT2D eigenvalue weighted by atomic mass is 9.59. The van der Waals surface area contributed by atoms with E-state index in [9.17, 15) is 9.59 Å². The third kappa shape index (κ3) is 4.86. The second-order valence-corrected chi connectivity index (χ2v) is 11.8. The Hall–Kier alpha value is -3.50. The highest BCUT2D eigenvalue weighted by Crippen LogP contribution is 2.58. The first-order valence-electron chi connectivity index (χ1n) is 14.0. The van der Waals surface area contributed by atoms with Gasteiger partial charge in [-0.3, -0.25) is 9.59 Å². The molecule has 3 aliphatic heterocycles. The molecule has 8 heteroatoms. The van der Waals surface area contributed by atoms with Gasteiger partial charge in [0.1, 0.15) is 17.3 Å². The molecule has 3 aliphatic rings. The number of benzene rings is 3. The van der Waals surface area contributed by atoms with Crippen molar-refractivity contribution in [2.24, 2.45) is 0 Å². The maximum absolute atomic E-state index is 14.4. The van der Waals surface area contributed by atoms with Gasteiger partial charge in [-0.05, 0) is 73.0 Å². The number of carbonyl (C=O) groups is 2. The smallest absolute Gasteiger partial charge is 0.238 e. The molecule has 0 aliphatic carbocycles. The average molecular weight is 589 g/mol. The molecule has 3 heterocycles. The molecule has 1 unspecified atom stereocenters. The Kier molecular flexibility index (Phi) is 7.46. The number of anilines is 1. The van der Waals surface area contributed by atoms with E-state index in [1.54, 1.807) is 18.2 Å². The third-order valence-corrected chi connectivity index (χ3v) is 9.24. The van der Waals surface area contributed by atoms with Gasteiger partial charge in [-0.1, -0.05) is 54.2 Å². The number of halogens is 2. The van der Waals surface area contributed by atoms with Crippen molar-refractivity contribution in [3.8, 4) is 18.1 Å². The van der Waals surface area contributed by atoms with E-state index < -0.39 is 17.4 Å². The Labute approximate surface area is 250 Å². The fourth-order valence-corrected chi connectivity index (χ4v) is 7.13. The predicted molar refractivity (Wildman–Crippen MR) is 162 cm³/mol. The Morgan fingerprint density at radius 2 is 1.83 bits per heavy atom. The minimum absolute atomic E-state index is 0.00991. The van der Waals surface area contributed by atoms with Crippen molar-refractivity contribution in [2.45, 2.75) is 49.7 Å². The van der Waals surface area contributed by atoms with Crippen LogP contribution in [0.25, 0.3) is 0 Å². The number of ether oxygens (including phenoxy) is 1. The molecule has 1 spiro atoms. The highest BCUT2D eigenvalue weighted by Gasteiger charge is 2.61. The van der Waals surface area contributed by atoms with Crippen molar-refractivity contribution in [3.63, 3.8) is 0 Å². The zero-order valence-electron chi connectivity index (χ0n) is 22.8. The van der Waals surface area contributed by atoms with Crippen LogP contribution in [0, 0.1) is 12.3 Å². The van der Waals surface area contributed by atoms with Crippen molar-refractivity contribution in [3.05, 3.63) is 93.0 Å². The SMILES string of the molecule is C#Cc1ccc(OC2CCN(CC)CC2)c([C@H]2NC(=O)C[C@@H](c3cccc(Cl)c3)C23C(=O)Nc2cc(Cl)ccc23)c1. The van der Waals surface area contributed by atoms with Crippen molar-refractivity contribution in [1.82, 2.24) is 10.2 Å². The molecular weight excluding hydrogens is 557 g/mol. The van der Waals surface area contributed by atoms with Crippen LogP contribution in [0.5, 0.6) is 5.75 Å². The van der Waals surface area contributed by atoms with Crippen LogP contribution in [0.15, 0.2) is 60.7 Å². The maximum atomic E-state index is 14.4. The Bertz CT molecular complexity index is 1560. The number of piperidine rings is 2. The minimum atomic E-state index is -1.21. The van der Waals surface area contributed by atoms with Crippen LogP contribution in [-0.2, 0) is 15.0 Å². The predicted octanol–water partition coefficient (Wildman–Crippen LogP) is 6.07. The molecule has 3 aromatic rings. The van der Waals surface area contributed by atoms with Gasteiger partial charge in [0.25, 0.3) is 0 Å². The normalized spacial score (nSPS) is 24.4. The standard InChI is InChI=1S/C33H31Cl2N3O3/c1-3-20-8-11-29(41-24-12-14-38(4-2)15-13-24)25(16-20)31-33(26-10-9-23(35)18-28(26)36-32(33)40)27(19-30(39)37-31)21-6-5-7-22(34)17-21/h1,5-11,16-18,24,27,31H,4,12-15,19H2,2H3,(H,36,40)(H,37,39)/t27-,31+,33?/m0/s1. The van der Waals surface area contributed by atoms with Crippen molar-refractivity contribution in [2.75, 3.05) is 25.0 Å². The number of terminal acetylenes is 1. The van der Waals surface area contributed by atoms with E-state index in [0.717, 1.165) is 43.6 Å². The first kappa shape index (κ1) is 27.7. The van der Waals surface area contributed by atoms with E-state index >= 15 is 0 Å². The monoisotopic (exact) mass is 587 g/mol. The van der Waals surface area contributed by atoms with E-state index in [-0.39, 0.29) is 24.3 Å². The van der Waals surface area contributed by atoms with Crippen LogP contribution >= 0.6 is 23.2 Å². The molecule has 2 amide bonds. The van der Waals surface area contributed by atoms with Crippen LogP contribution in [0.3, 0.4) is 0 Å². The summed E-state index contributed by atoms with van der Waals surface area (Å²) in [4.78, 5) is 30.2. The number of fused-ring (bicyclic) bond motifs is 2. The molecule has 3 aromatic carbocycles. The Morgan fingerprint density at radius 1 is 1.05 bits per heavy atom. The first-order chi connectivity index (χ1) is 19.8. The second kappa shape index (κ2) is 11.1. The number of likely N-dealkylation sites (tertiary alicyclic amines) is 1. The number of hydrogen-bond donors (Lipinski definition) is 2. The topological polar surface area (TPSA) is 70.7 Å². The van der Waals surface area contributed by atoms with Crippen molar-refractivity contribution < 1.29 is 14.3 Å². The number of nitrogens with one attached hydrogen (secondary N) is 2. The molecule has 6 nitrogen and oxygen atoms in total. The highest BCUT2D eigenvalue weighted by molar-refractivity contribution is 6.31. The van der Waals surface area contributed by atoms with Gasteiger partial charge in [0.15, 0.2) is 0 Å². The number of nitrogens with zero attached hydrogens (tertiary/aromatic N) is 1. The number of carbonyl (C=O) groups excluding carboxylic acids is 2. The summed E-state index contributed by atoms with van der Waals surface area (Å²) in [6.45, 7) is 5.08. The molecule has 0 bridgehead atoms. The van der Waals surface area contributed by atoms with Crippen LogP contribution in [-0.4, -0.2) is 42.5 Å². The Morgan fingerprint density at radius 3 is 2.56 bits per heavy atom. The number of rotatable bonds is 5. The highest BCUT2D eigenvalue weighted by atomic mass is 35.5. The lowest BCUT2D eigenvalue weighted by Crippen LogP contribution is -2.57. The van der Waals surface area contributed by atoms with E-state index in [4.69, 9.17) is 34.4 Å². The van der Waals surface area contributed by atoms with E-state index in [1.165, 1.54) is 0 Å². The van der Waals surface area contributed by atoms with E-state index in [1.807, 2.05) is 42.5 Å². The molecule has 2 fully saturated rings. The number of hydrogen-bond acceptors (Lipinski definition) is 4. The molecular formula is C33H31Cl2N3O3.